The molecule has 1 amide bonds. The Labute approximate surface area is 120 Å². The first-order valence-corrected chi connectivity index (χ1v) is 7.02. The number of amides is 1. The lowest BCUT2D eigenvalue weighted by Gasteiger charge is -2.04. The quantitative estimate of drug-likeness (QED) is 0.788. The van der Waals surface area contributed by atoms with Gasteiger partial charge in [-0.15, -0.1) is 11.3 Å². The highest BCUT2D eigenvalue weighted by Gasteiger charge is 2.14. The normalized spacial score (nSPS) is 10.9. The molecule has 2 heterocycles. The van der Waals surface area contributed by atoms with Crippen LogP contribution < -0.4 is 5.32 Å². The third kappa shape index (κ3) is 2.18. The van der Waals surface area contributed by atoms with Gasteiger partial charge in [0.1, 0.15) is 5.69 Å². The highest BCUT2D eigenvalue weighted by Crippen LogP contribution is 2.20. The highest BCUT2D eigenvalue weighted by atomic mass is 32.1. The number of thiazole rings is 1. The number of hydrogen-bond acceptors (Lipinski definition) is 4. The maximum absolute atomic E-state index is 12.2. The number of benzene rings is 1. The van der Waals surface area contributed by atoms with Gasteiger partial charge in [0.25, 0.3) is 5.91 Å². The molecule has 0 unspecified atom stereocenters. The molecule has 0 bridgehead atoms. The van der Waals surface area contributed by atoms with Crippen LogP contribution in [-0.2, 0) is 7.05 Å². The lowest BCUT2D eigenvalue weighted by Crippen LogP contribution is -2.13. The van der Waals surface area contributed by atoms with Crippen LogP contribution in [0.2, 0.25) is 0 Å². The van der Waals surface area contributed by atoms with Gasteiger partial charge in [0.2, 0.25) is 0 Å². The molecule has 0 saturated heterocycles. The van der Waals surface area contributed by atoms with E-state index in [-0.39, 0.29) is 5.91 Å². The molecule has 1 aromatic carbocycles. The minimum Gasteiger partial charge on any atom is -0.334 e. The number of hydrogen-bond donors (Lipinski definition) is 1. The number of nitrogens with zero attached hydrogens (tertiary/aromatic N) is 3. The monoisotopic (exact) mass is 286 g/mol. The van der Waals surface area contributed by atoms with E-state index in [0.29, 0.717) is 5.69 Å². The van der Waals surface area contributed by atoms with E-state index < -0.39 is 0 Å². The number of aromatic nitrogens is 3. The van der Waals surface area contributed by atoms with Crippen molar-refractivity contribution in [3.05, 3.63) is 40.1 Å². The van der Waals surface area contributed by atoms with Gasteiger partial charge < -0.3 is 9.88 Å². The van der Waals surface area contributed by atoms with Crippen molar-refractivity contribution >= 4 is 34.0 Å². The Kier molecular flexibility index (Phi) is 3.02. The van der Waals surface area contributed by atoms with Crippen molar-refractivity contribution in [1.29, 1.82) is 0 Å². The summed E-state index contributed by atoms with van der Waals surface area (Å²) in [4.78, 5) is 21.7. The number of nitrogens with one attached hydrogen (secondary N) is 1. The van der Waals surface area contributed by atoms with Gasteiger partial charge in [-0.1, -0.05) is 0 Å². The zero-order valence-corrected chi connectivity index (χ0v) is 12.3. The molecule has 3 rings (SSSR count). The minimum absolute atomic E-state index is 0.179. The lowest BCUT2D eigenvalue weighted by molar-refractivity contribution is 0.102. The van der Waals surface area contributed by atoms with Gasteiger partial charge in [-0.2, -0.15) is 0 Å². The van der Waals surface area contributed by atoms with Crippen LogP contribution in [0.1, 0.15) is 20.4 Å². The third-order valence-corrected chi connectivity index (χ3v) is 3.99. The Hall–Kier alpha value is -2.21. The summed E-state index contributed by atoms with van der Waals surface area (Å²) in [5, 5.41) is 3.77. The fourth-order valence-electron chi connectivity index (χ4n) is 2.14. The Morgan fingerprint density at radius 2 is 2.15 bits per heavy atom. The summed E-state index contributed by atoms with van der Waals surface area (Å²) in [5.41, 5.74) is 3.11. The number of fused-ring (bicyclic) bond motifs is 1. The van der Waals surface area contributed by atoms with Crippen molar-refractivity contribution in [3.63, 3.8) is 0 Å². The number of carbonyl (C=O) groups is 1. The number of anilines is 1. The smallest absolute Gasteiger partial charge is 0.275 e. The molecule has 6 heteroatoms. The summed E-state index contributed by atoms with van der Waals surface area (Å²) < 4.78 is 1.94. The second kappa shape index (κ2) is 4.72. The van der Waals surface area contributed by atoms with Crippen molar-refractivity contribution in [2.24, 2.45) is 7.05 Å². The SMILES string of the molecule is Cc1nc(C(=O)Nc2ccc3c(c2)ncn3C)c(C)s1. The highest BCUT2D eigenvalue weighted by molar-refractivity contribution is 7.11. The van der Waals surface area contributed by atoms with Gasteiger partial charge in [0, 0.05) is 17.6 Å². The predicted octanol–water partition coefficient (Wildman–Crippen LogP) is 2.90. The largest absolute Gasteiger partial charge is 0.334 e. The summed E-state index contributed by atoms with van der Waals surface area (Å²) in [5.74, 6) is -0.179. The molecule has 0 aliphatic rings. The van der Waals surface area contributed by atoms with Crippen molar-refractivity contribution in [3.8, 4) is 0 Å². The van der Waals surface area contributed by atoms with Crippen LogP contribution in [0.5, 0.6) is 0 Å². The first kappa shape index (κ1) is 12.8. The average molecular weight is 286 g/mol. The standard InChI is InChI=1S/C14H14N4OS/c1-8-13(16-9(2)20-8)14(19)17-10-4-5-12-11(6-10)15-7-18(12)3/h4-7H,1-3H3,(H,17,19). The van der Waals surface area contributed by atoms with Gasteiger partial charge in [-0.05, 0) is 32.0 Å². The molecular formula is C14H14N4OS. The van der Waals surface area contributed by atoms with E-state index in [1.54, 1.807) is 6.33 Å². The molecule has 0 atom stereocenters. The Balaban J connectivity index is 1.89. The van der Waals surface area contributed by atoms with Crippen LogP contribution in [0.4, 0.5) is 5.69 Å². The molecule has 0 aliphatic heterocycles. The Bertz CT molecular complexity index is 803. The van der Waals surface area contributed by atoms with Gasteiger partial charge >= 0.3 is 0 Å². The minimum atomic E-state index is -0.179. The zero-order chi connectivity index (χ0) is 14.3. The van der Waals surface area contributed by atoms with E-state index in [9.17, 15) is 4.79 Å². The van der Waals surface area contributed by atoms with Crippen LogP contribution >= 0.6 is 11.3 Å². The van der Waals surface area contributed by atoms with Crippen LogP contribution in [0.3, 0.4) is 0 Å². The van der Waals surface area contributed by atoms with Crippen LogP contribution in [0.15, 0.2) is 24.5 Å². The van der Waals surface area contributed by atoms with E-state index in [1.807, 2.05) is 43.7 Å². The van der Waals surface area contributed by atoms with Gasteiger partial charge in [0.15, 0.2) is 0 Å². The maximum atomic E-state index is 12.2. The van der Waals surface area contributed by atoms with Crippen molar-refractivity contribution in [1.82, 2.24) is 14.5 Å². The lowest BCUT2D eigenvalue weighted by atomic mass is 10.2. The van der Waals surface area contributed by atoms with Crippen LogP contribution in [0.25, 0.3) is 11.0 Å². The first-order chi connectivity index (χ1) is 9.54. The Morgan fingerprint density at radius 1 is 1.35 bits per heavy atom. The maximum Gasteiger partial charge on any atom is 0.275 e. The van der Waals surface area contributed by atoms with Crippen molar-refractivity contribution in [2.45, 2.75) is 13.8 Å². The molecule has 20 heavy (non-hydrogen) atoms. The van der Waals surface area contributed by atoms with E-state index in [4.69, 9.17) is 0 Å². The van der Waals surface area contributed by atoms with Gasteiger partial charge in [-0.25, -0.2) is 9.97 Å². The van der Waals surface area contributed by atoms with Crippen molar-refractivity contribution in [2.75, 3.05) is 5.32 Å². The van der Waals surface area contributed by atoms with E-state index >= 15 is 0 Å². The molecule has 3 aromatic rings. The topological polar surface area (TPSA) is 59.8 Å². The third-order valence-electron chi connectivity index (χ3n) is 3.10. The summed E-state index contributed by atoms with van der Waals surface area (Å²) in [6, 6.07) is 5.68. The van der Waals surface area contributed by atoms with Gasteiger partial charge in [0.05, 0.1) is 22.4 Å². The number of rotatable bonds is 2. The molecule has 0 fully saturated rings. The molecule has 1 N–H and O–H groups in total. The average Bonchev–Trinajstić information content (AvgIpc) is 2.93. The summed E-state index contributed by atoms with van der Waals surface area (Å²) >= 11 is 1.53. The van der Waals surface area contributed by atoms with Crippen molar-refractivity contribution < 1.29 is 4.79 Å². The fourth-order valence-corrected chi connectivity index (χ4v) is 2.96. The van der Waals surface area contributed by atoms with E-state index in [2.05, 4.69) is 15.3 Å². The number of imidazole rings is 1. The molecular weight excluding hydrogens is 272 g/mol. The molecule has 0 aliphatic carbocycles. The van der Waals surface area contributed by atoms with E-state index in [1.165, 1.54) is 11.3 Å². The summed E-state index contributed by atoms with van der Waals surface area (Å²) in [6.45, 7) is 3.80. The summed E-state index contributed by atoms with van der Waals surface area (Å²) in [6.07, 6.45) is 1.75. The van der Waals surface area contributed by atoms with Crippen LogP contribution in [0, 0.1) is 13.8 Å². The predicted molar refractivity (Wildman–Crippen MR) is 80.3 cm³/mol. The van der Waals surface area contributed by atoms with E-state index in [0.717, 1.165) is 26.6 Å². The second-order valence-electron chi connectivity index (χ2n) is 4.65. The number of carbonyl (C=O) groups excluding carboxylic acids is 1. The molecule has 102 valence electrons. The summed E-state index contributed by atoms with van der Waals surface area (Å²) in [7, 11) is 1.94. The molecule has 0 spiro atoms. The first-order valence-electron chi connectivity index (χ1n) is 6.21. The number of aryl methyl sites for hydroxylation is 3. The second-order valence-corrected chi connectivity index (χ2v) is 6.06. The Morgan fingerprint density at radius 3 is 2.85 bits per heavy atom. The van der Waals surface area contributed by atoms with Gasteiger partial charge in [-0.3, -0.25) is 4.79 Å². The van der Waals surface area contributed by atoms with Crippen LogP contribution in [-0.4, -0.2) is 20.4 Å². The zero-order valence-electron chi connectivity index (χ0n) is 11.5. The molecule has 0 radical (unpaired) electrons. The molecule has 2 aromatic heterocycles. The molecule has 5 nitrogen and oxygen atoms in total. The fraction of sp³-hybridized carbons (Fsp3) is 0.214. The molecule has 0 saturated carbocycles.